The number of nitrogens with zero attached hydrogens (tertiary/aromatic N) is 1. The van der Waals surface area contributed by atoms with E-state index in [2.05, 4.69) is 0 Å². The fourth-order valence-electron chi connectivity index (χ4n) is 1.34. The van der Waals surface area contributed by atoms with Gasteiger partial charge in [-0.1, -0.05) is 0 Å². The minimum absolute atomic E-state index is 0.0301. The van der Waals surface area contributed by atoms with Crippen molar-refractivity contribution in [1.82, 2.24) is 4.90 Å². The van der Waals surface area contributed by atoms with Gasteiger partial charge in [-0.15, -0.1) is 0 Å². The highest BCUT2D eigenvalue weighted by molar-refractivity contribution is 5.76. The predicted octanol–water partition coefficient (Wildman–Crippen LogP) is -0.724. The first-order chi connectivity index (χ1) is 5.25. The highest BCUT2D eigenvalue weighted by Gasteiger charge is 2.24. The molecule has 1 heterocycles. The third-order valence-corrected chi connectivity index (χ3v) is 1.95. The van der Waals surface area contributed by atoms with Gasteiger partial charge in [-0.3, -0.25) is 4.79 Å². The normalized spacial score (nSPS) is 24.2. The fourth-order valence-corrected chi connectivity index (χ4v) is 1.34. The zero-order valence-electron chi connectivity index (χ0n) is 6.49. The van der Waals surface area contributed by atoms with Crippen LogP contribution < -0.4 is 5.73 Å². The van der Waals surface area contributed by atoms with E-state index in [1.807, 2.05) is 0 Å². The van der Waals surface area contributed by atoms with Gasteiger partial charge in [0.15, 0.2) is 0 Å². The molecule has 0 aromatic carbocycles. The summed E-state index contributed by atoms with van der Waals surface area (Å²) in [6.07, 6.45) is 1.96. The van der Waals surface area contributed by atoms with Crippen LogP contribution in [0.3, 0.4) is 0 Å². The van der Waals surface area contributed by atoms with Crippen molar-refractivity contribution in [2.75, 3.05) is 13.2 Å². The second-order valence-corrected chi connectivity index (χ2v) is 2.77. The molecular formula is C7H14N2O2. The largest absolute Gasteiger partial charge is 0.396 e. The van der Waals surface area contributed by atoms with Crippen molar-refractivity contribution in [2.45, 2.75) is 25.4 Å². The van der Waals surface area contributed by atoms with Crippen molar-refractivity contribution >= 4 is 5.91 Å². The second-order valence-electron chi connectivity index (χ2n) is 2.77. The van der Waals surface area contributed by atoms with Crippen molar-refractivity contribution in [3.8, 4) is 0 Å². The molecule has 4 heteroatoms. The number of nitrogens with two attached hydrogens (primary N) is 1. The van der Waals surface area contributed by atoms with Crippen LogP contribution in [0.1, 0.15) is 19.3 Å². The number of aliphatic hydroxyl groups is 1. The van der Waals surface area contributed by atoms with Crippen LogP contribution in [0.25, 0.3) is 0 Å². The van der Waals surface area contributed by atoms with Gasteiger partial charge in [0.1, 0.15) is 0 Å². The van der Waals surface area contributed by atoms with Crippen molar-refractivity contribution < 1.29 is 9.90 Å². The van der Waals surface area contributed by atoms with Crippen LogP contribution in [0, 0.1) is 0 Å². The molecule has 0 spiro atoms. The number of hydrogen-bond acceptors (Lipinski definition) is 3. The number of carbonyl (C=O) groups excluding carboxylic acids is 1. The molecule has 1 saturated heterocycles. The number of likely N-dealkylation sites (tertiary alicyclic amines) is 1. The standard InChI is InChI=1S/C7H14N2O2/c8-6-2-1-4-9(6)7(11)3-5-10/h6,10H,1-5,8H2. The van der Waals surface area contributed by atoms with Gasteiger partial charge in [-0.2, -0.15) is 0 Å². The van der Waals surface area contributed by atoms with E-state index >= 15 is 0 Å². The Balaban J connectivity index is 2.39. The maximum Gasteiger partial charge on any atom is 0.226 e. The third-order valence-electron chi connectivity index (χ3n) is 1.95. The van der Waals surface area contributed by atoms with Gasteiger partial charge in [-0.05, 0) is 12.8 Å². The van der Waals surface area contributed by atoms with Gasteiger partial charge in [0, 0.05) is 13.0 Å². The molecule has 3 N–H and O–H groups in total. The van der Waals surface area contributed by atoms with Crippen LogP contribution in [0.15, 0.2) is 0 Å². The van der Waals surface area contributed by atoms with Crippen LogP contribution in [0.2, 0.25) is 0 Å². The molecule has 1 amide bonds. The quantitative estimate of drug-likeness (QED) is 0.557. The Kier molecular flexibility index (Phi) is 2.84. The van der Waals surface area contributed by atoms with Gasteiger partial charge in [0.05, 0.1) is 12.8 Å². The summed E-state index contributed by atoms with van der Waals surface area (Å²) in [6, 6.07) is 0. The molecule has 4 nitrogen and oxygen atoms in total. The van der Waals surface area contributed by atoms with E-state index in [0.29, 0.717) is 0 Å². The molecule has 0 saturated carbocycles. The average molecular weight is 158 g/mol. The molecule has 1 rings (SSSR count). The van der Waals surface area contributed by atoms with Crippen molar-refractivity contribution in [2.24, 2.45) is 5.73 Å². The molecule has 1 fully saturated rings. The lowest BCUT2D eigenvalue weighted by Gasteiger charge is -2.20. The summed E-state index contributed by atoms with van der Waals surface area (Å²) in [7, 11) is 0. The Hall–Kier alpha value is -0.610. The number of rotatable bonds is 2. The number of carbonyl (C=O) groups is 1. The monoisotopic (exact) mass is 158 g/mol. The first kappa shape index (κ1) is 8.49. The lowest BCUT2D eigenvalue weighted by atomic mass is 10.3. The zero-order chi connectivity index (χ0) is 8.27. The maximum absolute atomic E-state index is 11.1. The lowest BCUT2D eigenvalue weighted by molar-refractivity contribution is -0.132. The minimum atomic E-state index is -0.117. The summed E-state index contributed by atoms with van der Waals surface area (Å²) in [5.74, 6) is -0.0301. The fraction of sp³-hybridized carbons (Fsp3) is 0.857. The molecule has 64 valence electrons. The molecule has 0 aliphatic carbocycles. The molecule has 11 heavy (non-hydrogen) atoms. The topological polar surface area (TPSA) is 66.6 Å². The van der Waals surface area contributed by atoms with Crippen LogP contribution in [0.5, 0.6) is 0 Å². The van der Waals surface area contributed by atoms with E-state index in [9.17, 15) is 4.79 Å². The van der Waals surface area contributed by atoms with Gasteiger partial charge in [0.2, 0.25) is 5.91 Å². The summed E-state index contributed by atoms with van der Waals surface area (Å²) in [5.41, 5.74) is 5.63. The predicted molar refractivity (Wildman–Crippen MR) is 40.6 cm³/mol. The summed E-state index contributed by atoms with van der Waals surface area (Å²) < 4.78 is 0. The van der Waals surface area contributed by atoms with Gasteiger partial charge >= 0.3 is 0 Å². The first-order valence-corrected chi connectivity index (χ1v) is 3.91. The smallest absolute Gasteiger partial charge is 0.226 e. The van der Waals surface area contributed by atoms with Crippen LogP contribution >= 0.6 is 0 Å². The van der Waals surface area contributed by atoms with E-state index in [4.69, 9.17) is 10.8 Å². The molecule has 0 aromatic heterocycles. The highest BCUT2D eigenvalue weighted by Crippen LogP contribution is 2.13. The second kappa shape index (κ2) is 3.69. The third kappa shape index (κ3) is 1.91. The maximum atomic E-state index is 11.1. The number of aliphatic hydroxyl groups excluding tert-OH is 1. The first-order valence-electron chi connectivity index (χ1n) is 3.91. The van der Waals surface area contributed by atoms with Crippen molar-refractivity contribution in [3.63, 3.8) is 0 Å². The Bertz CT molecular complexity index is 149. The molecule has 1 atom stereocenters. The SMILES string of the molecule is NC1CCCN1C(=O)CCO. The zero-order valence-corrected chi connectivity index (χ0v) is 6.49. The number of hydrogen-bond donors (Lipinski definition) is 2. The van der Waals surface area contributed by atoms with Crippen LogP contribution in [0.4, 0.5) is 0 Å². The van der Waals surface area contributed by atoms with Crippen molar-refractivity contribution in [3.05, 3.63) is 0 Å². The average Bonchev–Trinajstić information content (AvgIpc) is 2.36. The molecule has 1 unspecified atom stereocenters. The Labute approximate surface area is 66.0 Å². The Morgan fingerprint density at radius 2 is 2.45 bits per heavy atom. The summed E-state index contributed by atoms with van der Waals surface area (Å²) >= 11 is 0. The Morgan fingerprint density at radius 1 is 1.73 bits per heavy atom. The van der Waals surface area contributed by atoms with Gasteiger partial charge in [-0.25, -0.2) is 0 Å². The van der Waals surface area contributed by atoms with Gasteiger partial charge < -0.3 is 15.7 Å². The molecule has 0 radical (unpaired) electrons. The molecule has 0 aromatic rings. The van der Waals surface area contributed by atoms with E-state index in [0.717, 1.165) is 19.4 Å². The summed E-state index contributed by atoms with van der Waals surface area (Å²) in [6.45, 7) is 0.669. The van der Waals surface area contributed by atoms with E-state index in [1.54, 1.807) is 4.90 Å². The molecule has 0 bridgehead atoms. The van der Waals surface area contributed by atoms with E-state index in [-0.39, 0.29) is 25.1 Å². The van der Waals surface area contributed by atoms with Crippen molar-refractivity contribution in [1.29, 1.82) is 0 Å². The summed E-state index contributed by atoms with van der Waals surface area (Å²) in [4.78, 5) is 12.8. The molecule has 1 aliphatic heterocycles. The Morgan fingerprint density at radius 3 is 2.91 bits per heavy atom. The van der Waals surface area contributed by atoms with E-state index in [1.165, 1.54) is 0 Å². The summed E-state index contributed by atoms with van der Waals surface area (Å²) in [5, 5.41) is 8.49. The minimum Gasteiger partial charge on any atom is -0.396 e. The molecular weight excluding hydrogens is 144 g/mol. The molecule has 1 aliphatic rings. The lowest BCUT2D eigenvalue weighted by Crippen LogP contribution is -2.41. The van der Waals surface area contributed by atoms with Gasteiger partial charge in [0.25, 0.3) is 0 Å². The highest BCUT2D eigenvalue weighted by atomic mass is 16.3. The van der Waals surface area contributed by atoms with Crippen LogP contribution in [-0.4, -0.2) is 35.2 Å². The number of amides is 1. The van der Waals surface area contributed by atoms with E-state index < -0.39 is 0 Å². The van der Waals surface area contributed by atoms with Crippen LogP contribution in [-0.2, 0) is 4.79 Å².